The van der Waals surface area contributed by atoms with Crippen molar-refractivity contribution in [1.82, 2.24) is 10.2 Å². The second-order valence-electron chi connectivity index (χ2n) is 3.96. The number of alkyl halides is 2. The highest BCUT2D eigenvalue weighted by Gasteiger charge is 2.07. The van der Waals surface area contributed by atoms with Crippen LogP contribution >= 0.6 is 24.0 Å². The van der Waals surface area contributed by atoms with Gasteiger partial charge in [-0.1, -0.05) is 12.1 Å². The molecule has 0 heterocycles. The second-order valence-corrected chi connectivity index (χ2v) is 3.96. The molecule has 0 radical (unpaired) electrons. The number of ether oxygens (including phenoxy) is 1. The van der Waals surface area contributed by atoms with Crippen LogP contribution < -0.4 is 10.1 Å². The van der Waals surface area contributed by atoms with Gasteiger partial charge in [0, 0.05) is 27.2 Å². The Hall–Kier alpha value is -1.12. The average Bonchev–Trinajstić information content (AvgIpc) is 2.37. The summed E-state index contributed by atoms with van der Waals surface area (Å²) in [7, 11) is 3.63. The van der Waals surface area contributed by atoms with Gasteiger partial charge in [0.2, 0.25) is 0 Å². The summed E-state index contributed by atoms with van der Waals surface area (Å²) in [4.78, 5) is 6.09. The van der Waals surface area contributed by atoms with Gasteiger partial charge in [-0.3, -0.25) is 4.99 Å². The molecule has 4 nitrogen and oxygen atoms in total. The van der Waals surface area contributed by atoms with E-state index in [0.29, 0.717) is 6.54 Å². The van der Waals surface area contributed by atoms with Gasteiger partial charge >= 0.3 is 6.61 Å². The fraction of sp³-hybridized carbons (Fsp3) is 0.462. The van der Waals surface area contributed by atoms with Crippen molar-refractivity contribution in [2.45, 2.75) is 20.1 Å². The minimum atomic E-state index is -2.79. The summed E-state index contributed by atoms with van der Waals surface area (Å²) in [5.41, 5.74) is 0.989. The quantitative estimate of drug-likeness (QED) is 0.470. The standard InChI is InChI=1S/C13H19F2N3O.HI/c1-4-17-13(16-2)18(3)9-10-5-7-11(8-6-10)19-12(14)15;/h5-8,12H,4,9H2,1-3H3,(H,16,17);1H. The number of hydrogen-bond donors (Lipinski definition) is 1. The molecule has 0 bridgehead atoms. The van der Waals surface area contributed by atoms with Crippen LogP contribution in [-0.4, -0.2) is 38.1 Å². The molecule has 0 spiro atoms. The van der Waals surface area contributed by atoms with Gasteiger partial charge in [-0.05, 0) is 24.6 Å². The molecule has 0 fully saturated rings. The van der Waals surface area contributed by atoms with Gasteiger partial charge in [0.15, 0.2) is 5.96 Å². The van der Waals surface area contributed by atoms with Crippen molar-refractivity contribution in [2.24, 2.45) is 4.99 Å². The lowest BCUT2D eigenvalue weighted by atomic mass is 10.2. The van der Waals surface area contributed by atoms with Crippen LogP contribution in [0.15, 0.2) is 29.3 Å². The lowest BCUT2D eigenvalue weighted by molar-refractivity contribution is -0.0498. The number of guanidine groups is 1. The largest absolute Gasteiger partial charge is 0.435 e. The molecular weight excluding hydrogens is 379 g/mol. The molecule has 1 N–H and O–H groups in total. The van der Waals surface area contributed by atoms with E-state index in [-0.39, 0.29) is 29.7 Å². The van der Waals surface area contributed by atoms with Crippen molar-refractivity contribution in [3.05, 3.63) is 29.8 Å². The third kappa shape index (κ3) is 6.36. The van der Waals surface area contributed by atoms with Crippen LogP contribution in [0.3, 0.4) is 0 Å². The molecule has 0 saturated heterocycles. The van der Waals surface area contributed by atoms with Gasteiger partial charge in [0.25, 0.3) is 0 Å². The van der Waals surface area contributed by atoms with Crippen molar-refractivity contribution >= 4 is 29.9 Å². The van der Waals surface area contributed by atoms with Gasteiger partial charge < -0.3 is 15.0 Å². The minimum Gasteiger partial charge on any atom is -0.435 e. The Morgan fingerprint density at radius 2 is 1.95 bits per heavy atom. The van der Waals surface area contributed by atoms with Crippen molar-refractivity contribution in [1.29, 1.82) is 0 Å². The predicted octanol–water partition coefficient (Wildman–Crippen LogP) is 2.93. The minimum absolute atomic E-state index is 0. The zero-order valence-corrected chi connectivity index (χ0v) is 14.1. The maximum atomic E-state index is 12.0. The van der Waals surface area contributed by atoms with Crippen molar-refractivity contribution in [2.75, 3.05) is 20.6 Å². The Bertz CT molecular complexity index is 413. The van der Waals surface area contributed by atoms with E-state index in [9.17, 15) is 8.78 Å². The summed E-state index contributed by atoms with van der Waals surface area (Å²) < 4.78 is 28.3. The van der Waals surface area contributed by atoms with Crippen LogP contribution in [0.2, 0.25) is 0 Å². The van der Waals surface area contributed by atoms with E-state index < -0.39 is 6.61 Å². The van der Waals surface area contributed by atoms with Gasteiger partial charge in [0.1, 0.15) is 5.75 Å². The third-order valence-corrected chi connectivity index (χ3v) is 2.48. The number of aliphatic imine (C=N–C) groups is 1. The zero-order valence-electron chi connectivity index (χ0n) is 11.8. The third-order valence-electron chi connectivity index (χ3n) is 2.48. The Labute approximate surface area is 135 Å². The molecule has 114 valence electrons. The van der Waals surface area contributed by atoms with E-state index in [1.807, 2.05) is 18.9 Å². The molecule has 0 aromatic heterocycles. The number of nitrogens with one attached hydrogen (secondary N) is 1. The maximum Gasteiger partial charge on any atom is 0.387 e. The van der Waals surface area contributed by atoms with Crippen LogP contribution in [0.1, 0.15) is 12.5 Å². The fourth-order valence-corrected chi connectivity index (χ4v) is 1.67. The highest BCUT2D eigenvalue weighted by atomic mass is 127. The van der Waals surface area contributed by atoms with E-state index in [1.165, 1.54) is 12.1 Å². The molecule has 1 rings (SSSR count). The Balaban J connectivity index is 0.00000361. The van der Waals surface area contributed by atoms with Crippen molar-refractivity contribution < 1.29 is 13.5 Å². The van der Waals surface area contributed by atoms with E-state index >= 15 is 0 Å². The molecule has 0 aliphatic heterocycles. The normalized spacial score (nSPS) is 11.0. The smallest absolute Gasteiger partial charge is 0.387 e. The van der Waals surface area contributed by atoms with Gasteiger partial charge in [0.05, 0.1) is 0 Å². The second kappa shape index (κ2) is 9.73. The number of halogens is 3. The van der Waals surface area contributed by atoms with E-state index in [4.69, 9.17) is 0 Å². The highest BCUT2D eigenvalue weighted by molar-refractivity contribution is 14.0. The summed E-state index contributed by atoms with van der Waals surface area (Å²) >= 11 is 0. The summed E-state index contributed by atoms with van der Waals surface area (Å²) in [5.74, 6) is 0.952. The molecule has 1 aromatic carbocycles. The van der Waals surface area contributed by atoms with E-state index in [0.717, 1.165) is 18.1 Å². The van der Waals surface area contributed by atoms with Crippen LogP contribution in [0, 0.1) is 0 Å². The van der Waals surface area contributed by atoms with E-state index in [1.54, 1.807) is 19.2 Å². The van der Waals surface area contributed by atoms with Crippen LogP contribution in [0.5, 0.6) is 5.75 Å². The molecule has 0 aliphatic carbocycles. The number of nitrogens with zero attached hydrogens (tertiary/aromatic N) is 2. The van der Waals surface area contributed by atoms with Crippen LogP contribution in [0.25, 0.3) is 0 Å². The van der Waals surface area contributed by atoms with Crippen LogP contribution in [0.4, 0.5) is 8.78 Å². The first-order valence-electron chi connectivity index (χ1n) is 6.02. The Morgan fingerprint density at radius 1 is 1.35 bits per heavy atom. The lowest BCUT2D eigenvalue weighted by Gasteiger charge is -2.21. The average molecular weight is 399 g/mol. The topological polar surface area (TPSA) is 36.9 Å². The summed E-state index contributed by atoms with van der Waals surface area (Å²) in [5, 5.41) is 3.14. The molecule has 20 heavy (non-hydrogen) atoms. The monoisotopic (exact) mass is 399 g/mol. The first-order chi connectivity index (χ1) is 9.06. The van der Waals surface area contributed by atoms with E-state index in [2.05, 4.69) is 15.0 Å². The maximum absolute atomic E-state index is 12.0. The summed E-state index contributed by atoms with van der Waals surface area (Å²) in [6.45, 7) is 0.628. The highest BCUT2D eigenvalue weighted by Crippen LogP contribution is 2.15. The Kier molecular flexibility index (Phi) is 9.19. The summed E-state index contributed by atoms with van der Waals surface area (Å²) in [6.07, 6.45) is 0. The first kappa shape index (κ1) is 18.9. The van der Waals surface area contributed by atoms with Gasteiger partial charge in [-0.2, -0.15) is 8.78 Å². The molecule has 0 aliphatic rings. The zero-order chi connectivity index (χ0) is 14.3. The molecule has 0 amide bonds. The number of rotatable bonds is 5. The van der Waals surface area contributed by atoms with Crippen molar-refractivity contribution in [3.8, 4) is 5.75 Å². The molecule has 1 aromatic rings. The lowest BCUT2D eigenvalue weighted by Crippen LogP contribution is -2.38. The molecule has 7 heteroatoms. The summed E-state index contributed by atoms with van der Waals surface area (Å²) in [6, 6.07) is 6.58. The predicted molar refractivity (Wildman–Crippen MR) is 87.0 cm³/mol. The number of hydrogen-bond acceptors (Lipinski definition) is 2. The molecule has 0 unspecified atom stereocenters. The number of benzene rings is 1. The molecule has 0 atom stereocenters. The molecule has 0 saturated carbocycles. The SMILES string of the molecule is CCNC(=NC)N(C)Cc1ccc(OC(F)F)cc1.I. The van der Waals surface area contributed by atoms with Crippen molar-refractivity contribution in [3.63, 3.8) is 0 Å². The fourth-order valence-electron chi connectivity index (χ4n) is 1.67. The van der Waals surface area contributed by atoms with Gasteiger partial charge in [-0.15, -0.1) is 24.0 Å². The van der Waals surface area contributed by atoms with Crippen LogP contribution in [-0.2, 0) is 6.54 Å². The molecular formula is C13H20F2IN3O. The first-order valence-corrected chi connectivity index (χ1v) is 6.02. The Morgan fingerprint density at radius 3 is 2.40 bits per heavy atom. The van der Waals surface area contributed by atoms with Gasteiger partial charge in [-0.25, -0.2) is 0 Å².